The highest BCUT2D eigenvalue weighted by atomic mass is 32.1. The van der Waals surface area contributed by atoms with Gasteiger partial charge in [-0.15, -0.1) is 0 Å². The normalized spacial score (nSPS) is 15.2. The SMILES string of the molecule is CCOC(=O)C1=C(C)N=c2s/c(=C\c3ccc(OCC)c(OC)c3)c(=O)n2[C@@H]1c1ccc(OCC)cc1. The Morgan fingerprint density at radius 3 is 2.41 bits per heavy atom. The highest BCUT2D eigenvalue weighted by molar-refractivity contribution is 7.07. The van der Waals surface area contributed by atoms with Crippen LogP contribution in [0, 0.1) is 0 Å². The number of carbonyl (C=O) groups excluding carboxylic acids is 1. The second kappa shape index (κ2) is 11.5. The largest absolute Gasteiger partial charge is 0.494 e. The van der Waals surface area contributed by atoms with Gasteiger partial charge in [0.1, 0.15) is 5.75 Å². The third kappa shape index (κ3) is 5.32. The van der Waals surface area contributed by atoms with Crippen LogP contribution in [0.25, 0.3) is 6.08 Å². The maximum absolute atomic E-state index is 13.8. The fourth-order valence-corrected chi connectivity index (χ4v) is 5.27. The van der Waals surface area contributed by atoms with Crippen molar-refractivity contribution < 1.29 is 23.7 Å². The van der Waals surface area contributed by atoms with Crippen molar-refractivity contribution in [2.24, 2.45) is 4.99 Å². The van der Waals surface area contributed by atoms with E-state index in [0.29, 0.717) is 51.1 Å². The molecule has 37 heavy (non-hydrogen) atoms. The Balaban J connectivity index is 1.87. The Bertz CT molecular complexity index is 1500. The van der Waals surface area contributed by atoms with Crippen molar-refractivity contribution in [3.63, 3.8) is 0 Å². The van der Waals surface area contributed by atoms with Crippen LogP contribution in [0.4, 0.5) is 0 Å². The average Bonchev–Trinajstić information content (AvgIpc) is 3.19. The number of rotatable bonds is 9. The van der Waals surface area contributed by atoms with Gasteiger partial charge in [0.15, 0.2) is 16.3 Å². The van der Waals surface area contributed by atoms with Gasteiger partial charge < -0.3 is 18.9 Å². The first-order valence-electron chi connectivity index (χ1n) is 12.1. The van der Waals surface area contributed by atoms with Crippen LogP contribution in [-0.4, -0.2) is 37.5 Å². The van der Waals surface area contributed by atoms with E-state index in [1.807, 2.05) is 56.3 Å². The molecule has 8 nitrogen and oxygen atoms in total. The standard InChI is InChI=1S/C28H30N2O6S/c1-6-34-20-12-10-19(11-13-20)25-24(27(32)36-8-3)17(4)29-28-30(25)26(31)23(37-28)16-18-9-14-21(35-7-2)22(15-18)33-5/h9-16,25H,6-8H2,1-5H3/b23-16-/t25-/m1/s1. The number of allylic oxidation sites excluding steroid dienone is 1. The summed E-state index contributed by atoms with van der Waals surface area (Å²) < 4.78 is 24.0. The molecule has 0 bridgehead atoms. The summed E-state index contributed by atoms with van der Waals surface area (Å²) in [6.45, 7) is 8.61. The van der Waals surface area contributed by atoms with Crippen molar-refractivity contribution in [3.8, 4) is 17.2 Å². The van der Waals surface area contributed by atoms with E-state index in [1.165, 1.54) is 11.3 Å². The summed E-state index contributed by atoms with van der Waals surface area (Å²) in [5.41, 5.74) is 2.16. The van der Waals surface area contributed by atoms with Crippen LogP contribution in [0.15, 0.2) is 63.5 Å². The van der Waals surface area contributed by atoms with Gasteiger partial charge in [0, 0.05) is 0 Å². The molecule has 3 aromatic rings. The molecule has 0 spiro atoms. The van der Waals surface area contributed by atoms with E-state index in [4.69, 9.17) is 18.9 Å². The van der Waals surface area contributed by atoms with E-state index < -0.39 is 12.0 Å². The number of carbonyl (C=O) groups is 1. The Morgan fingerprint density at radius 2 is 1.76 bits per heavy atom. The minimum atomic E-state index is -0.678. The molecular weight excluding hydrogens is 492 g/mol. The van der Waals surface area contributed by atoms with Gasteiger partial charge in [0.25, 0.3) is 5.56 Å². The first kappa shape index (κ1) is 26.2. The number of nitrogens with zero attached hydrogens (tertiary/aromatic N) is 2. The Labute approximate surface area is 219 Å². The summed E-state index contributed by atoms with van der Waals surface area (Å²) in [6.07, 6.45) is 1.79. The molecule has 0 unspecified atom stereocenters. The molecule has 1 aliphatic rings. The fraction of sp³-hybridized carbons (Fsp3) is 0.321. The van der Waals surface area contributed by atoms with Gasteiger partial charge in [-0.3, -0.25) is 9.36 Å². The molecule has 194 valence electrons. The summed E-state index contributed by atoms with van der Waals surface area (Å²) in [5.74, 6) is 1.43. The van der Waals surface area contributed by atoms with Crippen LogP contribution in [0.3, 0.4) is 0 Å². The molecule has 0 aliphatic carbocycles. The highest BCUT2D eigenvalue weighted by Crippen LogP contribution is 2.32. The lowest BCUT2D eigenvalue weighted by atomic mass is 9.96. The molecular formula is C28H30N2O6S. The molecule has 0 N–H and O–H groups in total. The maximum Gasteiger partial charge on any atom is 0.338 e. The summed E-state index contributed by atoms with van der Waals surface area (Å²) in [7, 11) is 1.58. The number of esters is 1. The van der Waals surface area contributed by atoms with Crippen molar-refractivity contribution in [2.75, 3.05) is 26.9 Å². The zero-order chi connectivity index (χ0) is 26.5. The minimum Gasteiger partial charge on any atom is -0.494 e. The Hall–Kier alpha value is -3.85. The van der Waals surface area contributed by atoms with Gasteiger partial charge in [-0.05, 0) is 69.2 Å². The van der Waals surface area contributed by atoms with E-state index >= 15 is 0 Å². The molecule has 0 amide bonds. The van der Waals surface area contributed by atoms with Crippen LogP contribution in [-0.2, 0) is 9.53 Å². The molecule has 9 heteroatoms. The number of thiazole rings is 1. The number of methoxy groups -OCH3 is 1. The van der Waals surface area contributed by atoms with Crippen LogP contribution >= 0.6 is 11.3 Å². The topological polar surface area (TPSA) is 88.4 Å². The monoisotopic (exact) mass is 522 g/mol. The lowest BCUT2D eigenvalue weighted by Gasteiger charge is -2.24. The molecule has 4 rings (SSSR count). The van der Waals surface area contributed by atoms with Crippen LogP contribution in [0.5, 0.6) is 17.2 Å². The molecule has 0 fully saturated rings. The second-order valence-electron chi connectivity index (χ2n) is 8.15. The summed E-state index contributed by atoms with van der Waals surface area (Å²) in [6, 6.07) is 12.2. The molecule has 0 radical (unpaired) electrons. The van der Waals surface area contributed by atoms with Crippen molar-refractivity contribution >= 4 is 23.4 Å². The van der Waals surface area contributed by atoms with Gasteiger partial charge >= 0.3 is 5.97 Å². The van der Waals surface area contributed by atoms with Gasteiger partial charge in [-0.2, -0.15) is 0 Å². The van der Waals surface area contributed by atoms with Crippen molar-refractivity contribution in [1.82, 2.24) is 4.57 Å². The molecule has 1 aliphatic heterocycles. The van der Waals surface area contributed by atoms with Crippen molar-refractivity contribution in [1.29, 1.82) is 0 Å². The first-order chi connectivity index (χ1) is 17.9. The smallest absolute Gasteiger partial charge is 0.338 e. The summed E-state index contributed by atoms with van der Waals surface area (Å²) in [4.78, 5) is 31.9. The van der Waals surface area contributed by atoms with Crippen LogP contribution < -0.4 is 29.1 Å². The molecule has 2 aromatic carbocycles. The van der Waals surface area contributed by atoms with Gasteiger partial charge in [-0.25, -0.2) is 9.79 Å². The average molecular weight is 523 g/mol. The van der Waals surface area contributed by atoms with Gasteiger partial charge in [-0.1, -0.05) is 29.5 Å². The van der Waals surface area contributed by atoms with Crippen LogP contribution in [0.1, 0.15) is 44.9 Å². The molecule has 1 aromatic heterocycles. The Kier molecular flexibility index (Phi) is 8.13. The minimum absolute atomic E-state index is 0.218. The third-order valence-electron chi connectivity index (χ3n) is 5.81. The van der Waals surface area contributed by atoms with Crippen molar-refractivity contribution in [2.45, 2.75) is 33.7 Å². The van der Waals surface area contributed by atoms with Gasteiger partial charge in [0.05, 0.1) is 48.8 Å². The highest BCUT2D eigenvalue weighted by Gasteiger charge is 2.33. The molecule has 1 atom stereocenters. The number of aromatic nitrogens is 1. The zero-order valence-electron chi connectivity index (χ0n) is 21.6. The predicted octanol–water partition coefficient (Wildman–Crippen LogP) is 3.60. The van der Waals surface area contributed by atoms with E-state index in [9.17, 15) is 9.59 Å². The summed E-state index contributed by atoms with van der Waals surface area (Å²) in [5, 5.41) is 0. The summed E-state index contributed by atoms with van der Waals surface area (Å²) >= 11 is 1.27. The predicted molar refractivity (Wildman–Crippen MR) is 142 cm³/mol. The second-order valence-corrected chi connectivity index (χ2v) is 9.16. The van der Waals surface area contributed by atoms with Crippen molar-refractivity contribution in [3.05, 3.63) is 84.5 Å². The lowest BCUT2D eigenvalue weighted by molar-refractivity contribution is -0.139. The zero-order valence-corrected chi connectivity index (χ0v) is 22.4. The number of benzene rings is 2. The number of hydrogen-bond donors (Lipinski definition) is 0. The van der Waals surface area contributed by atoms with E-state index in [1.54, 1.807) is 31.6 Å². The quantitative estimate of drug-likeness (QED) is 0.399. The third-order valence-corrected chi connectivity index (χ3v) is 6.79. The lowest BCUT2D eigenvalue weighted by Crippen LogP contribution is -2.39. The maximum atomic E-state index is 13.8. The number of hydrogen-bond acceptors (Lipinski definition) is 8. The fourth-order valence-electron chi connectivity index (χ4n) is 4.22. The number of fused-ring (bicyclic) bond motifs is 1. The molecule has 2 heterocycles. The van der Waals surface area contributed by atoms with Gasteiger partial charge in [0.2, 0.25) is 0 Å². The van der Waals surface area contributed by atoms with E-state index in [-0.39, 0.29) is 12.2 Å². The molecule has 0 saturated heterocycles. The molecule has 0 saturated carbocycles. The van der Waals surface area contributed by atoms with Crippen LogP contribution in [0.2, 0.25) is 0 Å². The van der Waals surface area contributed by atoms with E-state index in [0.717, 1.165) is 11.1 Å². The van der Waals surface area contributed by atoms with E-state index in [2.05, 4.69) is 4.99 Å². The number of ether oxygens (including phenoxy) is 4. The first-order valence-corrected chi connectivity index (χ1v) is 13.0. The Morgan fingerprint density at radius 1 is 1.03 bits per heavy atom.